The normalized spacial score (nSPS) is 11.0. The van der Waals surface area contributed by atoms with Crippen molar-refractivity contribution >= 4 is 5.91 Å². The topological polar surface area (TPSA) is 32.8 Å². The van der Waals surface area contributed by atoms with Crippen LogP contribution in [0.2, 0.25) is 0 Å². The van der Waals surface area contributed by atoms with Gasteiger partial charge in [-0.05, 0) is 31.0 Å². The molecule has 0 radical (unpaired) electrons. The van der Waals surface area contributed by atoms with E-state index in [2.05, 4.69) is 17.0 Å². The van der Waals surface area contributed by atoms with Crippen LogP contribution < -0.4 is 0 Å². The molecular weight excluding hydrogens is 343 g/mol. The Morgan fingerprint density at radius 1 is 1.04 bits per heavy atom. The van der Waals surface area contributed by atoms with Crippen LogP contribution in [0, 0.1) is 5.82 Å². The molecule has 2 aromatic rings. The average molecular weight is 372 g/mol. The second-order valence-electron chi connectivity index (χ2n) is 6.70. The molecule has 0 heterocycles. The van der Waals surface area contributed by atoms with Crippen LogP contribution in [0.3, 0.4) is 0 Å². The summed E-state index contributed by atoms with van der Waals surface area (Å²) in [6.07, 6.45) is 1.95. The molecular formula is C22H29FN2O2. The number of carbonyl (C=O) groups is 1. The minimum absolute atomic E-state index is 0.0194. The average Bonchev–Trinajstić information content (AvgIpc) is 2.68. The van der Waals surface area contributed by atoms with Gasteiger partial charge in [-0.15, -0.1) is 0 Å². The Morgan fingerprint density at radius 3 is 2.44 bits per heavy atom. The minimum Gasteiger partial charge on any atom is -0.383 e. The molecule has 0 aliphatic carbocycles. The molecule has 0 bridgehead atoms. The number of carbonyl (C=O) groups excluding carboxylic acids is 1. The monoisotopic (exact) mass is 372 g/mol. The Labute approximate surface area is 161 Å². The first-order valence-corrected chi connectivity index (χ1v) is 9.32. The number of hydrogen-bond donors (Lipinski definition) is 0. The Morgan fingerprint density at radius 2 is 1.74 bits per heavy atom. The summed E-state index contributed by atoms with van der Waals surface area (Å²) < 4.78 is 19.0. The van der Waals surface area contributed by atoms with Gasteiger partial charge in [-0.3, -0.25) is 9.69 Å². The molecule has 0 fully saturated rings. The van der Waals surface area contributed by atoms with Crippen molar-refractivity contribution in [2.45, 2.75) is 19.4 Å². The van der Waals surface area contributed by atoms with Crippen LogP contribution >= 0.6 is 0 Å². The van der Waals surface area contributed by atoms with E-state index >= 15 is 0 Å². The van der Waals surface area contributed by atoms with E-state index in [1.54, 1.807) is 37.3 Å². The van der Waals surface area contributed by atoms with Gasteiger partial charge in [0, 0.05) is 32.8 Å². The largest absolute Gasteiger partial charge is 0.383 e. The van der Waals surface area contributed by atoms with Crippen LogP contribution in [-0.2, 0) is 22.5 Å². The molecule has 2 aromatic carbocycles. The lowest BCUT2D eigenvalue weighted by atomic mass is 10.1. The number of rotatable bonds is 11. The molecule has 0 aliphatic heterocycles. The summed E-state index contributed by atoms with van der Waals surface area (Å²) in [5, 5.41) is 0. The van der Waals surface area contributed by atoms with Gasteiger partial charge in [0.1, 0.15) is 5.82 Å². The van der Waals surface area contributed by atoms with Gasteiger partial charge in [0.05, 0.1) is 13.2 Å². The molecule has 0 atom stereocenters. The minimum atomic E-state index is -0.281. The predicted molar refractivity (Wildman–Crippen MR) is 106 cm³/mol. The Kier molecular flexibility index (Phi) is 8.95. The third-order valence-electron chi connectivity index (χ3n) is 4.54. The summed E-state index contributed by atoms with van der Waals surface area (Å²) in [6, 6.07) is 16.9. The standard InChI is InChI=1S/C22H29FN2O2/c1-24(17-20-12-6-7-13-21(20)23)22(26)18-25(15-16-27-2)14-8-11-19-9-4-3-5-10-19/h3-7,9-10,12-13H,8,11,14-18H2,1-2H3. The number of nitrogens with zero attached hydrogens (tertiary/aromatic N) is 2. The summed E-state index contributed by atoms with van der Waals surface area (Å²) in [7, 11) is 3.38. The smallest absolute Gasteiger partial charge is 0.236 e. The summed E-state index contributed by atoms with van der Waals surface area (Å²) in [4.78, 5) is 16.3. The molecule has 5 heteroatoms. The van der Waals surface area contributed by atoms with Crippen LogP contribution in [-0.4, -0.2) is 56.1 Å². The van der Waals surface area contributed by atoms with Crippen molar-refractivity contribution in [1.82, 2.24) is 9.80 Å². The SMILES string of the molecule is COCCN(CCCc1ccccc1)CC(=O)N(C)Cc1ccccc1F. The Hall–Kier alpha value is -2.24. The predicted octanol–water partition coefficient (Wildman–Crippen LogP) is 3.37. The molecule has 2 rings (SSSR count). The maximum Gasteiger partial charge on any atom is 0.236 e. The first-order valence-electron chi connectivity index (χ1n) is 9.32. The maximum atomic E-state index is 13.8. The highest BCUT2D eigenvalue weighted by atomic mass is 19.1. The van der Waals surface area contributed by atoms with E-state index in [9.17, 15) is 9.18 Å². The van der Waals surface area contributed by atoms with Crippen LogP contribution in [0.1, 0.15) is 17.5 Å². The van der Waals surface area contributed by atoms with Gasteiger partial charge in [-0.1, -0.05) is 48.5 Å². The molecule has 146 valence electrons. The van der Waals surface area contributed by atoms with Gasteiger partial charge < -0.3 is 9.64 Å². The van der Waals surface area contributed by atoms with Gasteiger partial charge >= 0.3 is 0 Å². The number of benzene rings is 2. The van der Waals surface area contributed by atoms with Crippen molar-refractivity contribution in [1.29, 1.82) is 0 Å². The third kappa shape index (κ3) is 7.49. The molecule has 0 saturated carbocycles. The highest BCUT2D eigenvalue weighted by Crippen LogP contribution is 2.10. The van der Waals surface area contributed by atoms with Gasteiger partial charge in [0.25, 0.3) is 0 Å². The van der Waals surface area contributed by atoms with E-state index < -0.39 is 0 Å². The zero-order chi connectivity index (χ0) is 19.5. The second-order valence-corrected chi connectivity index (χ2v) is 6.70. The lowest BCUT2D eigenvalue weighted by Gasteiger charge is -2.25. The van der Waals surface area contributed by atoms with Crippen molar-refractivity contribution in [3.05, 3.63) is 71.5 Å². The first-order chi connectivity index (χ1) is 13.1. The van der Waals surface area contributed by atoms with Crippen molar-refractivity contribution < 1.29 is 13.9 Å². The summed E-state index contributed by atoms with van der Waals surface area (Å²) in [5.41, 5.74) is 1.83. The molecule has 0 aromatic heterocycles. The van der Waals surface area contributed by atoms with Crippen LogP contribution in [0.4, 0.5) is 4.39 Å². The van der Waals surface area contributed by atoms with Gasteiger partial charge in [-0.2, -0.15) is 0 Å². The van der Waals surface area contributed by atoms with E-state index in [1.165, 1.54) is 11.6 Å². The van der Waals surface area contributed by atoms with E-state index in [0.717, 1.165) is 19.4 Å². The van der Waals surface area contributed by atoms with Gasteiger partial charge in [0.2, 0.25) is 5.91 Å². The van der Waals surface area contributed by atoms with Gasteiger partial charge in [-0.25, -0.2) is 4.39 Å². The molecule has 0 saturated heterocycles. The number of halogens is 1. The van der Waals surface area contributed by atoms with E-state index in [-0.39, 0.29) is 18.3 Å². The van der Waals surface area contributed by atoms with Crippen molar-refractivity contribution in [3.63, 3.8) is 0 Å². The Bertz CT molecular complexity index is 694. The first kappa shape index (κ1) is 21.1. The fourth-order valence-electron chi connectivity index (χ4n) is 2.92. The highest BCUT2D eigenvalue weighted by Gasteiger charge is 2.16. The quantitative estimate of drug-likeness (QED) is 0.606. The lowest BCUT2D eigenvalue weighted by Crippen LogP contribution is -2.40. The molecule has 0 N–H and O–H groups in total. The van der Waals surface area contributed by atoms with Crippen molar-refractivity contribution in [3.8, 4) is 0 Å². The molecule has 1 amide bonds. The van der Waals surface area contributed by atoms with E-state index in [0.29, 0.717) is 25.3 Å². The second kappa shape index (κ2) is 11.5. The number of likely N-dealkylation sites (N-methyl/N-ethyl adjacent to an activating group) is 1. The van der Waals surface area contributed by atoms with E-state index in [4.69, 9.17) is 4.74 Å². The zero-order valence-electron chi connectivity index (χ0n) is 16.2. The maximum absolute atomic E-state index is 13.8. The summed E-state index contributed by atoms with van der Waals surface area (Å²) >= 11 is 0. The number of ether oxygens (including phenoxy) is 1. The number of hydrogen-bond acceptors (Lipinski definition) is 3. The number of amides is 1. The summed E-state index contributed by atoms with van der Waals surface area (Å²) in [5.74, 6) is -0.301. The van der Waals surface area contributed by atoms with Crippen LogP contribution in [0.5, 0.6) is 0 Å². The molecule has 0 aliphatic rings. The van der Waals surface area contributed by atoms with Gasteiger partial charge in [0.15, 0.2) is 0 Å². The fourth-order valence-corrected chi connectivity index (χ4v) is 2.92. The van der Waals surface area contributed by atoms with Crippen LogP contribution in [0.25, 0.3) is 0 Å². The highest BCUT2D eigenvalue weighted by molar-refractivity contribution is 5.78. The van der Waals surface area contributed by atoms with E-state index in [1.807, 2.05) is 18.2 Å². The molecule has 27 heavy (non-hydrogen) atoms. The zero-order valence-corrected chi connectivity index (χ0v) is 16.2. The third-order valence-corrected chi connectivity index (χ3v) is 4.54. The number of aryl methyl sites for hydroxylation is 1. The molecule has 0 spiro atoms. The van der Waals surface area contributed by atoms with Crippen molar-refractivity contribution in [2.24, 2.45) is 0 Å². The fraction of sp³-hybridized carbons (Fsp3) is 0.409. The Balaban J connectivity index is 1.85. The van der Waals surface area contributed by atoms with Crippen molar-refractivity contribution in [2.75, 3.05) is 40.4 Å². The lowest BCUT2D eigenvalue weighted by molar-refractivity contribution is -0.131. The number of methoxy groups -OCH3 is 1. The molecule has 4 nitrogen and oxygen atoms in total. The summed E-state index contributed by atoms with van der Waals surface area (Å²) in [6.45, 7) is 2.68. The van der Waals surface area contributed by atoms with Crippen LogP contribution in [0.15, 0.2) is 54.6 Å². The molecule has 0 unspecified atom stereocenters.